The van der Waals surface area contributed by atoms with Crippen molar-refractivity contribution in [3.63, 3.8) is 0 Å². The minimum absolute atomic E-state index is 0.521. The summed E-state index contributed by atoms with van der Waals surface area (Å²) in [4.78, 5) is 0. The third-order valence-corrected chi connectivity index (χ3v) is 2.84. The summed E-state index contributed by atoms with van der Waals surface area (Å²) in [5.74, 6) is 0. The highest BCUT2D eigenvalue weighted by molar-refractivity contribution is 5.46. The number of nitrogens with zero attached hydrogens (tertiary/aromatic N) is 2. The summed E-state index contributed by atoms with van der Waals surface area (Å²) in [6.07, 6.45) is 5.50. The molecule has 0 bridgehead atoms. The van der Waals surface area contributed by atoms with Gasteiger partial charge in [0.25, 0.3) is 0 Å². The van der Waals surface area contributed by atoms with Crippen molar-refractivity contribution < 1.29 is 0 Å². The van der Waals surface area contributed by atoms with E-state index in [-0.39, 0.29) is 0 Å². The van der Waals surface area contributed by atoms with Crippen molar-refractivity contribution >= 4 is 5.69 Å². The molecule has 1 N–H and O–H groups in total. The lowest BCUT2D eigenvalue weighted by Gasteiger charge is -2.12. The second-order valence-corrected chi connectivity index (χ2v) is 4.17. The third-order valence-electron chi connectivity index (χ3n) is 2.84. The number of aryl methyl sites for hydroxylation is 1. The van der Waals surface area contributed by atoms with Crippen LogP contribution in [0.5, 0.6) is 0 Å². The fraction of sp³-hybridized carbons (Fsp3) is 0.750. The quantitative estimate of drug-likeness (QED) is 0.779. The maximum absolute atomic E-state index is 4.39. The summed E-state index contributed by atoms with van der Waals surface area (Å²) < 4.78 is 2.09. The number of anilines is 1. The van der Waals surface area contributed by atoms with Crippen LogP contribution in [0.4, 0.5) is 5.69 Å². The largest absolute Gasteiger partial charge is 0.380 e. The van der Waals surface area contributed by atoms with Crippen molar-refractivity contribution in [1.82, 2.24) is 9.78 Å². The van der Waals surface area contributed by atoms with Crippen LogP contribution < -0.4 is 5.32 Å². The smallest absolute Gasteiger partial charge is 0.0758 e. The predicted octanol–water partition coefficient (Wildman–Crippen LogP) is 3.20. The molecule has 0 aromatic carbocycles. The molecule has 3 nitrogen and oxygen atoms in total. The number of hydrogen-bond acceptors (Lipinski definition) is 2. The van der Waals surface area contributed by atoms with Crippen LogP contribution in [0.2, 0.25) is 0 Å². The van der Waals surface area contributed by atoms with Gasteiger partial charge in [-0.15, -0.1) is 0 Å². The number of aromatic nitrogens is 2. The standard InChI is InChI=1S/C12H23N3/c1-5-7-8-15-11(4)12(9-13-15)14-10(3)6-2/h9-10,14H,5-8H2,1-4H3. The Morgan fingerprint density at radius 1 is 1.47 bits per heavy atom. The Balaban J connectivity index is 2.62. The lowest BCUT2D eigenvalue weighted by Crippen LogP contribution is -2.14. The van der Waals surface area contributed by atoms with E-state index in [0.717, 1.165) is 13.0 Å². The first-order chi connectivity index (χ1) is 7.19. The van der Waals surface area contributed by atoms with Gasteiger partial charge in [0.2, 0.25) is 0 Å². The zero-order valence-electron chi connectivity index (χ0n) is 10.4. The Morgan fingerprint density at radius 2 is 2.20 bits per heavy atom. The van der Waals surface area contributed by atoms with E-state index in [1.807, 2.05) is 6.20 Å². The number of nitrogens with one attached hydrogen (secondary N) is 1. The molecule has 86 valence electrons. The van der Waals surface area contributed by atoms with Crippen LogP contribution in [-0.4, -0.2) is 15.8 Å². The molecule has 0 aliphatic rings. The Hall–Kier alpha value is -0.990. The van der Waals surface area contributed by atoms with E-state index in [9.17, 15) is 0 Å². The molecule has 15 heavy (non-hydrogen) atoms. The van der Waals surface area contributed by atoms with Gasteiger partial charge in [0.05, 0.1) is 17.6 Å². The molecular weight excluding hydrogens is 186 g/mol. The fourth-order valence-electron chi connectivity index (χ4n) is 1.49. The molecule has 1 rings (SSSR count). The Kier molecular flexibility index (Phi) is 4.66. The van der Waals surface area contributed by atoms with E-state index < -0.39 is 0 Å². The van der Waals surface area contributed by atoms with Gasteiger partial charge in [-0.25, -0.2) is 0 Å². The van der Waals surface area contributed by atoms with Crippen LogP contribution in [0.25, 0.3) is 0 Å². The number of rotatable bonds is 6. The van der Waals surface area contributed by atoms with Gasteiger partial charge in [-0.2, -0.15) is 5.10 Å². The first kappa shape index (κ1) is 12.1. The molecule has 1 unspecified atom stereocenters. The molecule has 0 spiro atoms. The van der Waals surface area contributed by atoms with Crippen LogP contribution in [0.3, 0.4) is 0 Å². The van der Waals surface area contributed by atoms with Crippen LogP contribution in [0, 0.1) is 6.92 Å². The molecule has 1 aromatic heterocycles. The molecule has 1 atom stereocenters. The van der Waals surface area contributed by atoms with Crippen LogP contribution in [-0.2, 0) is 6.54 Å². The first-order valence-electron chi connectivity index (χ1n) is 5.98. The van der Waals surface area contributed by atoms with E-state index in [1.165, 1.54) is 24.2 Å². The summed E-state index contributed by atoms with van der Waals surface area (Å²) in [6.45, 7) is 9.76. The van der Waals surface area contributed by atoms with Crippen molar-refractivity contribution in [3.05, 3.63) is 11.9 Å². The summed E-state index contributed by atoms with van der Waals surface area (Å²) in [7, 11) is 0. The zero-order chi connectivity index (χ0) is 11.3. The highest BCUT2D eigenvalue weighted by Crippen LogP contribution is 2.15. The molecule has 0 amide bonds. The predicted molar refractivity (Wildman–Crippen MR) is 65.2 cm³/mol. The van der Waals surface area contributed by atoms with E-state index in [4.69, 9.17) is 0 Å². The van der Waals surface area contributed by atoms with Gasteiger partial charge in [0.1, 0.15) is 0 Å². The Bertz CT molecular complexity index is 291. The number of hydrogen-bond donors (Lipinski definition) is 1. The van der Waals surface area contributed by atoms with Crippen LogP contribution >= 0.6 is 0 Å². The zero-order valence-corrected chi connectivity index (χ0v) is 10.4. The molecule has 0 aliphatic heterocycles. The van der Waals surface area contributed by atoms with Gasteiger partial charge in [-0.05, 0) is 26.7 Å². The normalized spacial score (nSPS) is 12.8. The van der Waals surface area contributed by atoms with Crippen molar-refractivity contribution in [1.29, 1.82) is 0 Å². The molecule has 3 heteroatoms. The van der Waals surface area contributed by atoms with Gasteiger partial charge in [0, 0.05) is 12.6 Å². The Labute approximate surface area is 92.9 Å². The topological polar surface area (TPSA) is 29.9 Å². The lowest BCUT2D eigenvalue weighted by molar-refractivity contribution is 0.559. The van der Waals surface area contributed by atoms with Gasteiger partial charge < -0.3 is 5.32 Å². The molecular formula is C12H23N3. The average molecular weight is 209 g/mol. The first-order valence-corrected chi connectivity index (χ1v) is 5.98. The summed E-state index contributed by atoms with van der Waals surface area (Å²) >= 11 is 0. The average Bonchev–Trinajstić information content (AvgIpc) is 2.57. The van der Waals surface area contributed by atoms with Crippen molar-refractivity contribution in [3.8, 4) is 0 Å². The third kappa shape index (κ3) is 3.26. The lowest BCUT2D eigenvalue weighted by atomic mass is 10.2. The minimum atomic E-state index is 0.521. The maximum Gasteiger partial charge on any atom is 0.0758 e. The molecule has 0 saturated carbocycles. The van der Waals surface area contributed by atoms with E-state index in [1.54, 1.807) is 0 Å². The summed E-state index contributed by atoms with van der Waals surface area (Å²) in [6, 6.07) is 0.521. The highest BCUT2D eigenvalue weighted by atomic mass is 15.3. The molecule has 1 heterocycles. The van der Waals surface area contributed by atoms with Crippen molar-refractivity contribution in [2.75, 3.05) is 5.32 Å². The monoisotopic (exact) mass is 209 g/mol. The second-order valence-electron chi connectivity index (χ2n) is 4.17. The summed E-state index contributed by atoms with van der Waals surface area (Å²) in [5.41, 5.74) is 2.43. The van der Waals surface area contributed by atoms with E-state index in [0.29, 0.717) is 6.04 Å². The van der Waals surface area contributed by atoms with Crippen molar-refractivity contribution in [2.24, 2.45) is 0 Å². The molecule has 1 aromatic rings. The summed E-state index contributed by atoms with van der Waals surface area (Å²) in [5, 5.41) is 7.87. The molecule has 0 radical (unpaired) electrons. The highest BCUT2D eigenvalue weighted by Gasteiger charge is 2.07. The molecule has 0 aliphatic carbocycles. The molecule has 0 fully saturated rings. The fourth-order valence-corrected chi connectivity index (χ4v) is 1.49. The number of unbranched alkanes of at least 4 members (excludes halogenated alkanes) is 1. The van der Waals surface area contributed by atoms with Crippen LogP contribution in [0.1, 0.15) is 45.7 Å². The minimum Gasteiger partial charge on any atom is -0.380 e. The second kappa shape index (κ2) is 5.79. The maximum atomic E-state index is 4.39. The van der Waals surface area contributed by atoms with Gasteiger partial charge in [-0.1, -0.05) is 20.3 Å². The van der Waals surface area contributed by atoms with Gasteiger partial charge in [-0.3, -0.25) is 4.68 Å². The van der Waals surface area contributed by atoms with E-state index in [2.05, 4.69) is 42.8 Å². The SMILES string of the molecule is CCCCn1ncc(NC(C)CC)c1C. The van der Waals surface area contributed by atoms with Crippen LogP contribution in [0.15, 0.2) is 6.20 Å². The Morgan fingerprint density at radius 3 is 2.80 bits per heavy atom. The molecule has 0 saturated heterocycles. The van der Waals surface area contributed by atoms with Gasteiger partial charge in [0.15, 0.2) is 0 Å². The van der Waals surface area contributed by atoms with Gasteiger partial charge >= 0.3 is 0 Å². The van der Waals surface area contributed by atoms with E-state index >= 15 is 0 Å². The van der Waals surface area contributed by atoms with Crippen molar-refractivity contribution in [2.45, 2.75) is 59.5 Å².